The van der Waals surface area contributed by atoms with Gasteiger partial charge in [-0.1, -0.05) is 0 Å². The number of carbonyl (C=O) groups excluding carboxylic acids is 1. The Balaban J connectivity index is 2.19. The molecule has 1 unspecified atom stereocenters. The van der Waals surface area contributed by atoms with E-state index in [0.717, 1.165) is 17.1 Å². The Bertz CT molecular complexity index is 350. The Morgan fingerprint density at radius 1 is 1.73 bits per heavy atom. The molecule has 1 aliphatic rings. The number of aromatic nitrogens is 2. The summed E-state index contributed by atoms with van der Waals surface area (Å²) in [6.45, 7) is 2.56. The molecule has 0 aliphatic carbocycles. The fraction of sp³-hybridized carbons (Fsp3) is 0.600. The molecular weight excluding hydrogens is 212 g/mol. The molecule has 2 heterocycles. The number of hydrogen-bond acceptors (Lipinski definition) is 4. The number of thioether (sulfide) groups is 1. The third-order valence-electron chi connectivity index (χ3n) is 2.46. The smallest absolute Gasteiger partial charge is 0.210 e. The van der Waals surface area contributed by atoms with Crippen LogP contribution >= 0.6 is 11.8 Å². The zero-order valence-corrected chi connectivity index (χ0v) is 9.71. The molecule has 5 heteroatoms. The Kier molecular flexibility index (Phi) is 3.11. The summed E-state index contributed by atoms with van der Waals surface area (Å²) in [6, 6.07) is 0. The molecule has 0 bridgehead atoms. The molecule has 0 aromatic carbocycles. The fourth-order valence-electron chi connectivity index (χ4n) is 1.69. The molecule has 1 fully saturated rings. The number of hydrogen-bond donors (Lipinski definition) is 0. The molecule has 1 atom stereocenters. The van der Waals surface area contributed by atoms with Gasteiger partial charge in [-0.2, -0.15) is 16.9 Å². The standard InChI is InChI=1S/C10H14N2O2S/c1-7-5-11-12(2)9(7)10(13)8-6-15-4-3-14-8/h5,8H,3-4,6H2,1-2H3. The van der Waals surface area contributed by atoms with Crippen LogP contribution in [-0.4, -0.2) is 39.8 Å². The lowest BCUT2D eigenvalue weighted by atomic mass is 10.1. The van der Waals surface area contributed by atoms with Crippen molar-refractivity contribution in [2.24, 2.45) is 7.05 Å². The normalized spacial score (nSPS) is 21.6. The van der Waals surface area contributed by atoms with E-state index in [1.54, 1.807) is 29.7 Å². The average Bonchev–Trinajstić information content (AvgIpc) is 2.59. The zero-order valence-electron chi connectivity index (χ0n) is 8.90. The van der Waals surface area contributed by atoms with Gasteiger partial charge in [0, 0.05) is 18.6 Å². The Labute approximate surface area is 93.0 Å². The lowest BCUT2D eigenvalue weighted by molar-refractivity contribution is 0.0509. The van der Waals surface area contributed by atoms with Crippen LogP contribution in [0.3, 0.4) is 0 Å². The van der Waals surface area contributed by atoms with E-state index < -0.39 is 0 Å². The van der Waals surface area contributed by atoms with Crippen LogP contribution in [-0.2, 0) is 11.8 Å². The number of ether oxygens (including phenoxy) is 1. The van der Waals surface area contributed by atoms with Crippen LogP contribution in [0.5, 0.6) is 0 Å². The number of carbonyl (C=O) groups is 1. The summed E-state index contributed by atoms with van der Waals surface area (Å²) >= 11 is 1.76. The molecule has 0 amide bonds. The zero-order chi connectivity index (χ0) is 10.8. The highest BCUT2D eigenvalue weighted by molar-refractivity contribution is 7.99. The number of aryl methyl sites for hydroxylation is 2. The third-order valence-corrected chi connectivity index (χ3v) is 3.46. The van der Waals surface area contributed by atoms with Gasteiger partial charge in [0.05, 0.1) is 12.8 Å². The van der Waals surface area contributed by atoms with Gasteiger partial charge in [-0.05, 0) is 12.5 Å². The Hall–Kier alpha value is -0.810. The Morgan fingerprint density at radius 3 is 3.07 bits per heavy atom. The van der Waals surface area contributed by atoms with E-state index >= 15 is 0 Å². The van der Waals surface area contributed by atoms with Gasteiger partial charge < -0.3 is 4.74 Å². The van der Waals surface area contributed by atoms with E-state index in [0.29, 0.717) is 12.3 Å². The van der Waals surface area contributed by atoms with Crippen molar-refractivity contribution in [3.8, 4) is 0 Å². The lowest BCUT2D eigenvalue weighted by Crippen LogP contribution is -2.33. The molecule has 1 aromatic heterocycles. The monoisotopic (exact) mass is 226 g/mol. The van der Waals surface area contributed by atoms with Gasteiger partial charge in [-0.25, -0.2) is 0 Å². The van der Waals surface area contributed by atoms with Crippen molar-refractivity contribution in [3.05, 3.63) is 17.5 Å². The van der Waals surface area contributed by atoms with Crippen LogP contribution in [0.2, 0.25) is 0 Å². The maximum atomic E-state index is 12.1. The summed E-state index contributed by atoms with van der Waals surface area (Å²) in [7, 11) is 1.79. The lowest BCUT2D eigenvalue weighted by Gasteiger charge is -2.21. The quantitative estimate of drug-likeness (QED) is 0.707. The maximum absolute atomic E-state index is 12.1. The topological polar surface area (TPSA) is 44.1 Å². The van der Waals surface area contributed by atoms with Gasteiger partial charge in [0.25, 0.3) is 0 Å². The van der Waals surface area contributed by atoms with E-state index in [1.165, 1.54) is 0 Å². The summed E-state index contributed by atoms with van der Waals surface area (Å²) in [4.78, 5) is 12.1. The van der Waals surface area contributed by atoms with Gasteiger partial charge in [0.15, 0.2) is 0 Å². The van der Waals surface area contributed by atoms with Crippen LogP contribution in [0.4, 0.5) is 0 Å². The molecular formula is C10H14N2O2S. The van der Waals surface area contributed by atoms with Gasteiger partial charge in [0.1, 0.15) is 11.8 Å². The van der Waals surface area contributed by atoms with Gasteiger partial charge in [0.2, 0.25) is 5.78 Å². The van der Waals surface area contributed by atoms with Crippen LogP contribution < -0.4 is 0 Å². The summed E-state index contributed by atoms with van der Waals surface area (Å²) in [5.74, 6) is 1.79. The number of ketones is 1. The van der Waals surface area contributed by atoms with Crippen LogP contribution in [0.15, 0.2) is 6.20 Å². The molecule has 82 valence electrons. The Morgan fingerprint density at radius 2 is 2.53 bits per heavy atom. The van der Waals surface area contributed by atoms with E-state index in [9.17, 15) is 4.79 Å². The van der Waals surface area contributed by atoms with Crippen molar-refractivity contribution >= 4 is 17.5 Å². The molecule has 1 saturated heterocycles. The number of Topliss-reactive ketones (excluding diaryl/α,β-unsaturated/α-hetero) is 1. The van der Waals surface area contributed by atoms with Crippen molar-refractivity contribution in [1.29, 1.82) is 0 Å². The van der Waals surface area contributed by atoms with Gasteiger partial charge in [-0.15, -0.1) is 0 Å². The van der Waals surface area contributed by atoms with E-state index in [2.05, 4.69) is 5.10 Å². The number of rotatable bonds is 2. The van der Waals surface area contributed by atoms with Crippen molar-refractivity contribution in [1.82, 2.24) is 9.78 Å². The molecule has 0 radical (unpaired) electrons. The molecule has 15 heavy (non-hydrogen) atoms. The van der Waals surface area contributed by atoms with Crippen LogP contribution in [0, 0.1) is 6.92 Å². The minimum atomic E-state index is -0.294. The van der Waals surface area contributed by atoms with E-state index in [1.807, 2.05) is 6.92 Å². The molecule has 1 aromatic rings. The van der Waals surface area contributed by atoms with E-state index in [4.69, 9.17) is 4.74 Å². The molecule has 2 rings (SSSR count). The average molecular weight is 226 g/mol. The van der Waals surface area contributed by atoms with Crippen molar-refractivity contribution in [3.63, 3.8) is 0 Å². The summed E-state index contributed by atoms with van der Waals surface area (Å²) < 4.78 is 7.09. The van der Waals surface area contributed by atoms with Crippen molar-refractivity contribution in [2.45, 2.75) is 13.0 Å². The first kappa shape index (κ1) is 10.7. The fourth-order valence-corrected chi connectivity index (χ4v) is 2.54. The second-order valence-corrected chi connectivity index (χ2v) is 4.75. The SMILES string of the molecule is Cc1cnn(C)c1C(=O)C1CSCCO1. The molecule has 4 nitrogen and oxygen atoms in total. The predicted octanol–water partition coefficient (Wildman–Crippen LogP) is 1.04. The minimum absolute atomic E-state index is 0.0553. The number of nitrogens with zero attached hydrogens (tertiary/aromatic N) is 2. The summed E-state index contributed by atoms with van der Waals surface area (Å²) in [5.41, 5.74) is 1.59. The van der Waals surface area contributed by atoms with Gasteiger partial charge in [-0.3, -0.25) is 9.48 Å². The van der Waals surface area contributed by atoms with Crippen LogP contribution in [0.25, 0.3) is 0 Å². The first-order valence-electron chi connectivity index (χ1n) is 4.92. The highest BCUT2D eigenvalue weighted by Crippen LogP contribution is 2.18. The van der Waals surface area contributed by atoms with Crippen molar-refractivity contribution in [2.75, 3.05) is 18.1 Å². The van der Waals surface area contributed by atoms with Crippen LogP contribution in [0.1, 0.15) is 16.1 Å². The molecule has 1 aliphatic heterocycles. The molecule has 0 spiro atoms. The molecule has 0 saturated carbocycles. The summed E-state index contributed by atoms with van der Waals surface area (Å²) in [5, 5.41) is 4.07. The summed E-state index contributed by atoms with van der Waals surface area (Å²) in [6.07, 6.45) is 1.42. The molecule has 0 N–H and O–H groups in total. The highest BCUT2D eigenvalue weighted by atomic mass is 32.2. The first-order chi connectivity index (χ1) is 7.20. The predicted molar refractivity (Wildman–Crippen MR) is 59.3 cm³/mol. The van der Waals surface area contributed by atoms with Crippen molar-refractivity contribution < 1.29 is 9.53 Å². The first-order valence-corrected chi connectivity index (χ1v) is 6.08. The second kappa shape index (κ2) is 4.37. The second-order valence-electron chi connectivity index (χ2n) is 3.60. The highest BCUT2D eigenvalue weighted by Gasteiger charge is 2.26. The van der Waals surface area contributed by atoms with E-state index in [-0.39, 0.29) is 11.9 Å². The third kappa shape index (κ3) is 2.08. The van der Waals surface area contributed by atoms with Gasteiger partial charge >= 0.3 is 0 Å². The minimum Gasteiger partial charge on any atom is -0.368 e. The largest absolute Gasteiger partial charge is 0.368 e. The maximum Gasteiger partial charge on any atom is 0.210 e.